The summed E-state index contributed by atoms with van der Waals surface area (Å²) in [6, 6.07) is 3.59. The molecule has 2 aromatic heterocycles. The van der Waals surface area contributed by atoms with Crippen molar-refractivity contribution in [1.82, 2.24) is 14.8 Å². The maximum Gasteiger partial charge on any atom is 0.255 e. The Labute approximate surface area is 124 Å². The zero-order valence-corrected chi connectivity index (χ0v) is 12.7. The second kappa shape index (κ2) is 6.88. The van der Waals surface area contributed by atoms with Gasteiger partial charge in [0.25, 0.3) is 5.91 Å². The van der Waals surface area contributed by atoms with Gasteiger partial charge in [0.15, 0.2) is 0 Å². The topological polar surface area (TPSA) is 71.8 Å². The highest BCUT2D eigenvalue weighted by molar-refractivity contribution is 6.04. The monoisotopic (exact) mass is 287 g/mol. The van der Waals surface area contributed by atoms with Crippen LogP contribution in [0.2, 0.25) is 0 Å². The Hall–Kier alpha value is -2.37. The maximum absolute atomic E-state index is 12.3. The fourth-order valence-electron chi connectivity index (χ4n) is 1.98. The molecule has 0 spiro atoms. The summed E-state index contributed by atoms with van der Waals surface area (Å²) in [5.41, 5.74) is 2.19. The second-order valence-corrected chi connectivity index (χ2v) is 4.66. The minimum Gasteiger partial charge on any atom is -0.370 e. The van der Waals surface area contributed by atoms with Crippen molar-refractivity contribution in [2.45, 2.75) is 33.7 Å². The number of nitrogens with one attached hydrogen (secondary N) is 2. The predicted molar refractivity (Wildman–Crippen MR) is 83.6 cm³/mol. The van der Waals surface area contributed by atoms with E-state index in [1.807, 2.05) is 33.0 Å². The Kier molecular flexibility index (Phi) is 4.92. The first-order chi connectivity index (χ1) is 10.2. The van der Waals surface area contributed by atoms with Gasteiger partial charge in [-0.05, 0) is 32.4 Å². The lowest BCUT2D eigenvalue weighted by Crippen LogP contribution is -2.13. The molecule has 112 valence electrons. The molecule has 2 N–H and O–H groups in total. The quantitative estimate of drug-likeness (QED) is 0.856. The molecule has 6 heteroatoms. The van der Waals surface area contributed by atoms with E-state index in [1.165, 1.54) is 0 Å². The third kappa shape index (κ3) is 3.81. The van der Waals surface area contributed by atoms with Crippen LogP contribution in [-0.4, -0.2) is 27.2 Å². The van der Waals surface area contributed by atoms with Crippen molar-refractivity contribution in [3.63, 3.8) is 0 Å². The van der Waals surface area contributed by atoms with E-state index >= 15 is 0 Å². The highest BCUT2D eigenvalue weighted by atomic mass is 16.1. The number of pyridine rings is 1. The van der Waals surface area contributed by atoms with Crippen molar-refractivity contribution < 1.29 is 4.79 Å². The van der Waals surface area contributed by atoms with E-state index in [-0.39, 0.29) is 5.91 Å². The summed E-state index contributed by atoms with van der Waals surface area (Å²) in [4.78, 5) is 16.8. The largest absolute Gasteiger partial charge is 0.370 e. The standard InChI is InChI=1S/C15H21N5O/c1-4-12-7-11(8-14(18-12)16-5-2)15(21)19-13-9-17-20(6-3)10-13/h7-10H,4-6H2,1-3H3,(H,16,18)(H,19,21). The van der Waals surface area contributed by atoms with Gasteiger partial charge in [0.1, 0.15) is 5.82 Å². The molecular weight excluding hydrogens is 266 g/mol. The van der Waals surface area contributed by atoms with Gasteiger partial charge in [-0.15, -0.1) is 0 Å². The molecule has 0 unspecified atom stereocenters. The van der Waals surface area contributed by atoms with Crippen molar-refractivity contribution in [2.75, 3.05) is 17.2 Å². The van der Waals surface area contributed by atoms with Crippen LogP contribution in [0, 0.1) is 0 Å². The van der Waals surface area contributed by atoms with E-state index < -0.39 is 0 Å². The number of carbonyl (C=O) groups excluding carboxylic acids is 1. The van der Waals surface area contributed by atoms with Gasteiger partial charge in [0, 0.05) is 30.5 Å². The average molecular weight is 287 g/mol. The second-order valence-electron chi connectivity index (χ2n) is 4.66. The Morgan fingerprint density at radius 3 is 2.71 bits per heavy atom. The fraction of sp³-hybridized carbons (Fsp3) is 0.400. The third-order valence-corrected chi connectivity index (χ3v) is 3.08. The Balaban J connectivity index is 2.19. The van der Waals surface area contributed by atoms with E-state index in [1.54, 1.807) is 16.9 Å². The molecule has 0 aliphatic carbocycles. The van der Waals surface area contributed by atoms with Crippen LogP contribution in [0.4, 0.5) is 11.5 Å². The molecule has 0 radical (unpaired) electrons. The summed E-state index contributed by atoms with van der Waals surface area (Å²) in [5, 5.41) is 10.1. The summed E-state index contributed by atoms with van der Waals surface area (Å²) < 4.78 is 1.77. The third-order valence-electron chi connectivity index (χ3n) is 3.08. The molecule has 2 aromatic rings. The average Bonchev–Trinajstić information content (AvgIpc) is 2.94. The van der Waals surface area contributed by atoms with Crippen molar-refractivity contribution in [3.8, 4) is 0 Å². The Morgan fingerprint density at radius 2 is 2.10 bits per heavy atom. The Morgan fingerprint density at radius 1 is 1.29 bits per heavy atom. The zero-order chi connectivity index (χ0) is 15.2. The molecule has 2 heterocycles. The lowest BCUT2D eigenvalue weighted by molar-refractivity contribution is 0.102. The summed E-state index contributed by atoms with van der Waals surface area (Å²) in [5.74, 6) is 0.577. The predicted octanol–water partition coefficient (Wildman–Crippen LogP) is 2.54. The lowest BCUT2D eigenvalue weighted by Gasteiger charge is -2.08. The van der Waals surface area contributed by atoms with Crippen LogP contribution in [0.5, 0.6) is 0 Å². The normalized spacial score (nSPS) is 10.4. The van der Waals surface area contributed by atoms with E-state index in [2.05, 4.69) is 20.7 Å². The molecule has 0 saturated heterocycles. The number of aromatic nitrogens is 3. The summed E-state index contributed by atoms with van der Waals surface area (Å²) >= 11 is 0. The minimum atomic E-state index is -0.151. The van der Waals surface area contributed by atoms with Gasteiger partial charge in [-0.2, -0.15) is 5.10 Å². The van der Waals surface area contributed by atoms with Gasteiger partial charge < -0.3 is 10.6 Å². The van der Waals surface area contributed by atoms with Crippen LogP contribution in [0.3, 0.4) is 0 Å². The van der Waals surface area contributed by atoms with E-state index in [9.17, 15) is 4.79 Å². The Bertz CT molecular complexity index is 620. The SMILES string of the molecule is CCNc1cc(C(=O)Nc2cnn(CC)c2)cc(CC)n1. The van der Waals surface area contributed by atoms with Gasteiger partial charge in [0.05, 0.1) is 11.9 Å². The first kappa shape index (κ1) is 15.0. The lowest BCUT2D eigenvalue weighted by atomic mass is 10.2. The highest BCUT2D eigenvalue weighted by Crippen LogP contribution is 2.14. The molecule has 21 heavy (non-hydrogen) atoms. The van der Waals surface area contributed by atoms with Crippen LogP contribution in [0.25, 0.3) is 0 Å². The van der Waals surface area contributed by atoms with Crippen LogP contribution in [0.15, 0.2) is 24.5 Å². The molecule has 0 atom stereocenters. The molecule has 1 amide bonds. The van der Waals surface area contributed by atoms with E-state index in [0.29, 0.717) is 11.3 Å². The number of hydrogen-bond acceptors (Lipinski definition) is 4. The number of carbonyl (C=O) groups is 1. The number of hydrogen-bond donors (Lipinski definition) is 2. The summed E-state index contributed by atoms with van der Waals surface area (Å²) in [6.45, 7) is 7.56. The number of aryl methyl sites for hydroxylation is 2. The van der Waals surface area contributed by atoms with Crippen molar-refractivity contribution in [1.29, 1.82) is 0 Å². The molecule has 0 bridgehead atoms. The van der Waals surface area contributed by atoms with E-state index in [4.69, 9.17) is 0 Å². The van der Waals surface area contributed by atoms with Crippen LogP contribution in [0.1, 0.15) is 36.8 Å². The van der Waals surface area contributed by atoms with E-state index in [0.717, 1.165) is 31.0 Å². The maximum atomic E-state index is 12.3. The number of nitrogens with zero attached hydrogens (tertiary/aromatic N) is 3. The van der Waals surface area contributed by atoms with Gasteiger partial charge >= 0.3 is 0 Å². The summed E-state index contributed by atoms with van der Waals surface area (Å²) in [6.07, 6.45) is 4.24. The molecule has 0 fully saturated rings. The molecule has 0 aliphatic rings. The van der Waals surface area contributed by atoms with Crippen LogP contribution in [-0.2, 0) is 13.0 Å². The number of rotatable bonds is 6. The van der Waals surface area contributed by atoms with Gasteiger partial charge in [-0.25, -0.2) is 4.98 Å². The number of anilines is 2. The zero-order valence-electron chi connectivity index (χ0n) is 12.7. The first-order valence-electron chi connectivity index (χ1n) is 7.24. The molecular formula is C15H21N5O. The van der Waals surface area contributed by atoms with Gasteiger partial charge in [0.2, 0.25) is 0 Å². The first-order valence-corrected chi connectivity index (χ1v) is 7.24. The van der Waals surface area contributed by atoms with Crippen molar-refractivity contribution in [2.24, 2.45) is 0 Å². The van der Waals surface area contributed by atoms with Gasteiger partial charge in [-0.1, -0.05) is 6.92 Å². The summed E-state index contributed by atoms with van der Waals surface area (Å²) in [7, 11) is 0. The molecule has 0 aliphatic heterocycles. The molecule has 0 aromatic carbocycles. The number of amides is 1. The minimum absolute atomic E-state index is 0.151. The molecule has 2 rings (SSSR count). The fourth-order valence-corrected chi connectivity index (χ4v) is 1.98. The van der Waals surface area contributed by atoms with Crippen molar-refractivity contribution in [3.05, 3.63) is 35.8 Å². The van der Waals surface area contributed by atoms with Gasteiger partial charge in [-0.3, -0.25) is 9.48 Å². The van der Waals surface area contributed by atoms with Crippen LogP contribution < -0.4 is 10.6 Å². The smallest absolute Gasteiger partial charge is 0.255 e. The van der Waals surface area contributed by atoms with Crippen LogP contribution >= 0.6 is 0 Å². The molecule has 0 saturated carbocycles. The molecule has 6 nitrogen and oxygen atoms in total. The highest BCUT2D eigenvalue weighted by Gasteiger charge is 2.10. The van der Waals surface area contributed by atoms with Crippen molar-refractivity contribution >= 4 is 17.4 Å².